The monoisotopic (exact) mass is 812 g/mol. The van der Waals surface area contributed by atoms with Gasteiger partial charge in [-0.3, -0.25) is 9.59 Å². The summed E-state index contributed by atoms with van der Waals surface area (Å²) in [7, 11) is 0. The maximum atomic E-state index is 15.1. The molecule has 2 unspecified atom stereocenters. The van der Waals surface area contributed by atoms with Gasteiger partial charge in [0, 0.05) is 51.5 Å². The second-order valence-corrected chi connectivity index (χ2v) is 16.1. The van der Waals surface area contributed by atoms with Crippen molar-refractivity contribution in [2.24, 2.45) is 5.92 Å². The summed E-state index contributed by atoms with van der Waals surface area (Å²) >= 11 is 0. The first kappa shape index (κ1) is 36.2. The molecule has 0 saturated carbocycles. The number of ether oxygens (including phenoxy) is 1. The first-order valence-corrected chi connectivity index (χ1v) is 19.6. The summed E-state index contributed by atoms with van der Waals surface area (Å²) in [4.78, 5) is 41.8. The summed E-state index contributed by atoms with van der Waals surface area (Å²) in [6.07, 6.45) is -2.72. The van der Waals surface area contributed by atoms with E-state index in [1.165, 1.54) is 18.2 Å². The van der Waals surface area contributed by atoms with Crippen LogP contribution in [0, 0.1) is 5.92 Å². The van der Waals surface area contributed by atoms with E-state index >= 15 is 13.2 Å². The lowest BCUT2D eigenvalue weighted by atomic mass is 9.72. The van der Waals surface area contributed by atoms with Crippen LogP contribution in [0.15, 0.2) is 106 Å². The Morgan fingerprint density at radius 1 is 0.967 bits per heavy atom. The number of amides is 2. The quantitative estimate of drug-likeness (QED) is 0.120. The van der Waals surface area contributed by atoms with Gasteiger partial charge in [0.25, 0.3) is 0 Å². The van der Waals surface area contributed by atoms with Crippen LogP contribution in [-0.4, -0.2) is 56.9 Å². The molecule has 60 heavy (non-hydrogen) atoms. The van der Waals surface area contributed by atoms with E-state index in [9.17, 15) is 14.7 Å². The van der Waals surface area contributed by atoms with E-state index in [0.29, 0.717) is 28.4 Å². The highest BCUT2D eigenvalue weighted by Crippen LogP contribution is 2.61. The maximum absolute atomic E-state index is 15.1. The second-order valence-electron chi connectivity index (χ2n) is 16.1. The lowest BCUT2D eigenvalue weighted by Crippen LogP contribution is -2.61. The zero-order valence-electron chi connectivity index (χ0n) is 32.0. The normalized spacial score (nSPS) is 21.9. The molecule has 3 aromatic heterocycles. The number of aliphatic hydroxyl groups is 1. The minimum atomic E-state index is -5.23. The molecule has 5 N–H and O–H groups in total. The zero-order valence-corrected chi connectivity index (χ0v) is 32.0. The minimum Gasteiger partial charge on any atom is -0.469 e. The third-order valence-corrected chi connectivity index (χ3v) is 12.5. The number of rotatable bonds is 5. The Balaban J connectivity index is 1.15. The van der Waals surface area contributed by atoms with Gasteiger partial charge in [0.2, 0.25) is 23.6 Å². The van der Waals surface area contributed by atoms with Crippen molar-refractivity contribution in [3.63, 3.8) is 0 Å². The summed E-state index contributed by atoms with van der Waals surface area (Å²) < 4.78 is 65.5. The molecule has 302 valence electrons. The average Bonchev–Trinajstić information content (AvgIpc) is 4.06. The number of hydrogen-bond donors (Lipinski definition) is 5. The number of carbonyl (C=O) groups excluding carboxylic acids is 2. The number of aromatic amines is 1. The number of alkyl halides is 3. The molecule has 4 aromatic carbocycles. The molecule has 12 nitrogen and oxygen atoms in total. The fourth-order valence-corrected chi connectivity index (χ4v) is 9.54. The fourth-order valence-electron chi connectivity index (χ4n) is 9.54. The number of oxazole rings is 2. The van der Waals surface area contributed by atoms with Crippen molar-refractivity contribution in [3.8, 4) is 39.8 Å². The molecule has 4 aliphatic rings. The number of halogens is 3. The van der Waals surface area contributed by atoms with Crippen LogP contribution >= 0.6 is 0 Å². The minimum absolute atomic E-state index is 0.0857. The van der Waals surface area contributed by atoms with Gasteiger partial charge < -0.3 is 39.6 Å². The van der Waals surface area contributed by atoms with Gasteiger partial charge in [0.1, 0.15) is 23.2 Å². The standard InChI is InChI=1S/C45H35F3N6O6/c1-21(2)34-40-53-36-37(60-40)44-27-12-6-11-25(24-10-7-13-29-33(24)26(18-49-29)32-19-50-39(36)58-32)35(27)54-42(44)59-31-15-14-22(16-28(31)44)17-30(38(56)52-34)51-41(57)43(20-55,45(46,47)48)23-8-4-3-5-9-23/h3-16,18-19,21,30,34,42,49,54-55H,17,20H2,1-2H3,(H,51,57)(H,52,56)/t30-,34-,42?,43-,44?/m0/s1. The molecular weight excluding hydrogens is 778 g/mol. The van der Waals surface area contributed by atoms with Gasteiger partial charge in [-0.05, 0) is 34.7 Å². The van der Waals surface area contributed by atoms with Gasteiger partial charge >= 0.3 is 6.18 Å². The van der Waals surface area contributed by atoms with E-state index in [2.05, 4.69) is 20.9 Å². The van der Waals surface area contributed by atoms with Gasteiger partial charge in [-0.1, -0.05) is 86.6 Å². The van der Waals surface area contributed by atoms with Crippen molar-refractivity contribution in [1.82, 2.24) is 25.6 Å². The van der Waals surface area contributed by atoms with Crippen LogP contribution in [0.1, 0.15) is 53.8 Å². The first-order chi connectivity index (χ1) is 28.9. The number of hydrogen-bond acceptors (Lipinski definition) is 9. The maximum Gasteiger partial charge on any atom is 0.409 e. The molecule has 7 aromatic rings. The summed E-state index contributed by atoms with van der Waals surface area (Å²) in [5, 5.41) is 20.4. The van der Waals surface area contributed by atoms with Gasteiger partial charge in [-0.15, -0.1) is 0 Å². The highest BCUT2D eigenvalue weighted by atomic mass is 19.4. The van der Waals surface area contributed by atoms with Crippen LogP contribution in [-0.2, 0) is 26.8 Å². The summed E-state index contributed by atoms with van der Waals surface area (Å²) in [6.45, 7) is 2.08. The predicted molar refractivity (Wildman–Crippen MR) is 212 cm³/mol. The van der Waals surface area contributed by atoms with Crippen molar-refractivity contribution in [2.75, 3.05) is 11.9 Å². The molecule has 10 bridgehead atoms. The van der Waals surface area contributed by atoms with Gasteiger partial charge in [-0.25, -0.2) is 9.97 Å². The second kappa shape index (κ2) is 12.6. The molecular formula is C45H35F3N6O6. The molecule has 15 heteroatoms. The number of nitrogens with zero attached hydrogens (tertiary/aromatic N) is 2. The third kappa shape index (κ3) is 4.77. The number of benzene rings is 4. The summed E-state index contributed by atoms with van der Waals surface area (Å²) in [6, 6.07) is 21.3. The van der Waals surface area contributed by atoms with Crippen molar-refractivity contribution in [3.05, 3.63) is 131 Å². The van der Waals surface area contributed by atoms with E-state index in [0.717, 1.165) is 51.0 Å². The highest BCUT2D eigenvalue weighted by Gasteiger charge is 2.63. The molecule has 0 fully saturated rings. The SMILES string of the molecule is CC(C)[C@@H]1NC(=O)[C@@H](NC(=O)[C@](CO)(c2ccccc2)C(F)(F)F)Cc2ccc3c(c2)C24c5cccc(c5NC2O3)-c2cccc3[nH]cc(c23)-c2cnc(o2)-c2nc1oc24. The lowest BCUT2D eigenvalue weighted by molar-refractivity contribution is -0.203. The summed E-state index contributed by atoms with van der Waals surface area (Å²) in [5.41, 5.74) is 1.44. The molecule has 0 aliphatic carbocycles. The number of carbonyl (C=O) groups is 2. The van der Waals surface area contributed by atoms with Crippen LogP contribution in [0.25, 0.3) is 44.9 Å². The Labute approximate surface area is 339 Å². The molecule has 1 spiro atoms. The van der Waals surface area contributed by atoms with Gasteiger partial charge in [-0.2, -0.15) is 13.2 Å². The van der Waals surface area contributed by atoms with Crippen molar-refractivity contribution in [1.29, 1.82) is 0 Å². The van der Waals surface area contributed by atoms with E-state index < -0.39 is 59.3 Å². The van der Waals surface area contributed by atoms with E-state index in [1.807, 2.05) is 62.5 Å². The number of para-hydroxylation sites is 1. The highest BCUT2D eigenvalue weighted by molar-refractivity contribution is 6.07. The van der Waals surface area contributed by atoms with Crippen LogP contribution in [0.5, 0.6) is 5.75 Å². The van der Waals surface area contributed by atoms with E-state index in [-0.39, 0.29) is 29.8 Å². The van der Waals surface area contributed by atoms with Crippen LogP contribution in [0.2, 0.25) is 0 Å². The third-order valence-electron chi connectivity index (χ3n) is 12.5. The largest absolute Gasteiger partial charge is 0.469 e. The molecule has 0 radical (unpaired) electrons. The predicted octanol–water partition coefficient (Wildman–Crippen LogP) is 7.28. The Kier molecular flexibility index (Phi) is 7.59. The summed E-state index contributed by atoms with van der Waals surface area (Å²) in [5.74, 6) is -1.16. The Morgan fingerprint density at radius 2 is 1.77 bits per heavy atom. The van der Waals surface area contributed by atoms with Crippen LogP contribution in [0.4, 0.5) is 18.9 Å². The Morgan fingerprint density at radius 3 is 2.55 bits per heavy atom. The first-order valence-electron chi connectivity index (χ1n) is 19.6. The topological polar surface area (TPSA) is 168 Å². The van der Waals surface area contributed by atoms with Crippen molar-refractivity contribution < 1.29 is 41.4 Å². The number of H-pyrrole nitrogens is 1. The lowest BCUT2D eigenvalue weighted by Gasteiger charge is -2.35. The van der Waals surface area contributed by atoms with E-state index in [4.69, 9.17) is 23.5 Å². The number of nitrogens with one attached hydrogen (secondary N) is 4. The Hall–Kier alpha value is -6.87. The molecule has 0 saturated heterocycles. The van der Waals surface area contributed by atoms with Crippen molar-refractivity contribution >= 4 is 28.4 Å². The number of aliphatic hydroxyl groups excluding tert-OH is 1. The number of anilines is 1. The Bertz CT molecular complexity index is 2920. The molecule has 11 rings (SSSR count). The fraction of sp³-hybridized carbons (Fsp3) is 0.244. The average molecular weight is 813 g/mol. The molecule has 4 aliphatic heterocycles. The number of aromatic nitrogens is 3. The zero-order chi connectivity index (χ0) is 41.3. The molecule has 5 atom stereocenters. The van der Waals surface area contributed by atoms with Crippen molar-refractivity contribution in [2.45, 2.75) is 55.6 Å². The molecule has 7 heterocycles. The smallest absolute Gasteiger partial charge is 0.409 e. The van der Waals surface area contributed by atoms with Crippen LogP contribution < -0.4 is 20.7 Å². The molecule has 2 amide bonds. The van der Waals surface area contributed by atoms with Gasteiger partial charge in [0.15, 0.2) is 28.9 Å². The van der Waals surface area contributed by atoms with Crippen LogP contribution in [0.3, 0.4) is 0 Å². The van der Waals surface area contributed by atoms with Gasteiger partial charge in [0.05, 0.1) is 12.8 Å². The van der Waals surface area contributed by atoms with E-state index in [1.54, 1.807) is 18.3 Å². The number of fused-ring (bicyclic) bond motifs is 7.